The normalized spacial score (nSPS) is 12.9. The molecule has 0 saturated heterocycles. The van der Waals surface area contributed by atoms with Crippen molar-refractivity contribution in [1.82, 2.24) is 19.5 Å². The fourth-order valence-corrected chi connectivity index (χ4v) is 8.23. The van der Waals surface area contributed by atoms with Gasteiger partial charge in [0.1, 0.15) is 5.58 Å². The number of nitrogens with zero attached hydrogens (tertiary/aromatic N) is 4. The van der Waals surface area contributed by atoms with E-state index in [1.807, 2.05) is 24.3 Å². The minimum absolute atomic E-state index is 0.606. The molecule has 56 heavy (non-hydrogen) atoms. The van der Waals surface area contributed by atoms with E-state index >= 15 is 0 Å². The van der Waals surface area contributed by atoms with E-state index in [9.17, 15) is 0 Å². The van der Waals surface area contributed by atoms with Crippen LogP contribution in [0.1, 0.15) is 18.7 Å². The molecule has 0 spiro atoms. The fourth-order valence-electron chi connectivity index (χ4n) is 8.23. The first-order valence-corrected chi connectivity index (χ1v) is 19.1. The Bertz CT molecular complexity index is 3170. The monoisotopic (exact) mass is 718 g/mol. The Kier molecular flexibility index (Phi) is 7.56. The summed E-state index contributed by atoms with van der Waals surface area (Å²) in [5.41, 5.74) is 12.1. The van der Waals surface area contributed by atoms with Crippen LogP contribution in [0.3, 0.4) is 0 Å². The second-order valence-corrected chi connectivity index (χ2v) is 14.3. The number of fused-ring (bicyclic) bond motifs is 6. The highest BCUT2D eigenvalue weighted by Crippen LogP contribution is 2.43. The third-order valence-corrected chi connectivity index (χ3v) is 10.9. The molecule has 0 atom stereocenters. The lowest BCUT2D eigenvalue weighted by atomic mass is 9.98. The van der Waals surface area contributed by atoms with Gasteiger partial charge in [-0.25, -0.2) is 15.0 Å². The lowest BCUT2D eigenvalue weighted by Gasteiger charge is -2.12. The van der Waals surface area contributed by atoms with Gasteiger partial charge in [0.05, 0.1) is 16.7 Å². The zero-order chi connectivity index (χ0) is 37.0. The zero-order valence-electron chi connectivity index (χ0n) is 30.4. The van der Waals surface area contributed by atoms with Crippen molar-refractivity contribution in [2.45, 2.75) is 12.8 Å². The average molecular weight is 719 g/mol. The Balaban J connectivity index is 1.19. The van der Waals surface area contributed by atoms with Gasteiger partial charge in [0.2, 0.25) is 0 Å². The highest BCUT2D eigenvalue weighted by atomic mass is 16.3. The van der Waals surface area contributed by atoms with Gasteiger partial charge in [-0.15, -0.1) is 0 Å². The summed E-state index contributed by atoms with van der Waals surface area (Å²) in [6.07, 6.45) is 8.50. The molecular formula is C51H34N4O. The van der Waals surface area contributed by atoms with E-state index in [1.165, 1.54) is 21.9 Å². The van der Waals surface area contributed by atoms with Crippen LogP contribution >= 0.6 is 0 Å². The number of hydrogen-bond acceptors (Lipinski definition) is 4. The van der Waals surface area contributed by atoms with Gasteiger partial charge in [0.15, 0.2) is 23.1 Å². The molecular weight excluding hydrogens is 685 g/mol. The van der Waals surface area contributed by atoms with Crippen molar-refractivity contribution in [2.24, 2.45) is 0 Å². The summed E-state index contributed by atoms with van der Waals surface area (Å²) in [5.74, 6) is 1.91. The first-order valence-electron chi connectivity index (χ1n) is 19.1. The fraction of sp³-hybridized carbons (Fsp3) is 0.0392. The van der Waals surface area contributed by atoms with E-state index in [2.05, 4.69) is 162 Å². The van der Waals surface area contributed by atoms with Gasteiger partial charge in [-0.3, -0.25) is 0 Å². The highest BCUT2D eigenvalue weighted by molar-refractivity contribution is 6.17. The topological polar surface area (TPSA) is 56.7 Å². The molecule has 1 aliphatic rings. The SMILES string of the molecule is C1=CC(c2nc(-c3ccccc3)nc(-c3cc(-c4ccccc4)cc4oc5c(-n6c7ccccc7c7cc(-c8ccccc8)ccc76)cccc5c34)n2)=CCC1. The van der Waals surface area contributed by atoms with Crippen LogP contribution in [0.25, 0.3) is 100 Å². The van der Waals surface area contributed by atoms with Crippen LogP contribution in [0.4, 0.5) is 0 Å². The Morgan fingerprint density at radius 2 is 1.12 bits per heavy atom. The van der Waals surface area contributed by atoms with Crippen molar-refractivity contribution >= 4 is 49.3 Å². The molecule has 11 rings (SSSR count). The molecule has 7 aromatic carbocycles. The molecule has 5 heteroatoms. The van der Waals surface area contributed by atoms with Gasteiger partial charge in [-0.2, -0.15) is 0 Å². The maximum Gasteiger partial charge on any atom is 0.164 e. The summed E-state index contributed by atoms with van der Waals surface area (Å²) < 4.78 is 9.42. The van der Waals surface area contributed by atoms with Crippen LogP contribution in [0.5, 0.6) is 0 Å². The van der Waals surface area contributed by atoms with E-state index in [1.54, 1.807) is 0 Å². The van der Waals surface area contributed by atoms with E-state index in [0.717, 1.165) is 79.3 Å². The first kappa shape index (κ1) is 32.1. The van der Waals surface area contributed by atoms with E-state index in [-0.39, 0.29) is 0 Å². The number of rotatable bonds is 6. The Morgan fingerprint density at radius 3 is 1.89 bits per heavy atom. The van der Waals surface area contributed by atoms with Crippen LogP contribution in [-0.2, 0) is 0 Å². The number of allylic oxidation sites excluding steroid dienone is 4. The minimum atomic E-state index is 0.606. The van der Waals surface area contributed by atoms with Gasteiger partial charge in [-0.05, 0) is 71.5 Å². The third-order valence-electron chi connectivity index (χ3n) is 10.9. The molecule has 0 bridgehead atoms. The van der Waals surface area contributed by atoms with Crippen LogP contribution in [0.15, 0.2) is 186 Å². The maximum atomic E-state index is 7.07. The number of benzene rings is 7. The molecule has 0 fully saturated rings. The molecule has 0 radical (unpaired) electrons. The second-order valence-electron chi connectivity index (χ2n) is 14.3. The maximum absolute atomic E-state index is 7.07. The Morgan fingerprint density at radius 1 is 0.464 bits per heavy atom. The summed E-state index contributed by atoms with van der Waals surface area (Å²) in [7, 11) is 0. The summed E-state index contributed by atoms with van der Waals surface area (Å²) in [6.45, 7) is 0. The van der Waals surface area contributed by atoms with E-state index in [0.29, 0.717) is 17.5 Å². The molecule has 5 nitrogen and oxygen atoms in total. The number of hydrogen-bond donors (Lipinski definition) is 0. The molecule has 264 valence electrons. The van der Waals surface area contributed by atoms with Crippen molar-refractivity contribution in [3.8, 4) is 50.7 Å². The van der Waals surface area contributed by atoms with E-state index < -0.39 is 0 Å². The van der Waals surface area contributed by atoms with Crippen molar-refractivity contribution in [1.29, 1.82) is 0 Å². The molecule has 0 amide bonds. The van der Waals surface area contributed by atoms with E-state index in [4.69, 9.17) is 19.4 Å². The molecule has 10 aromatic rings. The molecule has 0 aliphatic heterocycles. The van der Waals surface area contributed by atoms with Gasteiger partial charge >= 0.3 is 0 Å². The minimum Gasteiger partial charge on any atom is -0.454 e. The van der Waals surface area contributed by atoms with Gasteiger partial charge in [-0.1, -0.05) is 146 Å². The standard InChI is InChI=1S/C51H34N4O/c1-5-16-33(17-6-1)37-28-29-44-41(30-37)39-24-13-14-26-43(39)55(44)45-27-15-25-40-47-42(31-38(32-46(47)56-48(40)45)34-18-7-2-8-19-34)51-53-49(35-20-9-3-10-21-35)52-50(54-51)36-22-11-4-12-23-36/h1-3,5-11,13-32H,4,12H2. The summed E-state index contributed by atoms with van der Waals surface area (Å²) >= 11 is 0. The molecule has 1 aliphatic carbocycles. The van der Waals surface area contributed by atoms with Crippen LogP contribution in [0, 0.1) is 0 Å². The lowest BCUT2D eigenvalue weighted by Crippen LogP contribution is -2.03. The lowest BCUT2D eigenvalue weighted by molar-refractivity contribution is 0.666. The highest BCUT2D eigenvalue weighted by Gasteiger charge is 2.23. The third kappa shape index (κ3) is 5.36. The van der Waals surface area contributed by atoms with Crippen molar-refractivity contribution < 1.29 is 4.42 Å². The average Bonchev–Trinajstić information content (AvgIpc) is 3.83. The van der Waals surface area contributed by atoms with Crippen LogP contribution < -0.4 is 0 Å². The van der Waals surface area contributed by atoms with Crippen molar-refractivity contribution in [3.63, 3.8) is 0 Å². The number of para-hydroxylation sites is 2. The molecule has 3 heterocycles. The van der Waals surface area contributed by atoms with Crippen molar-refractivity contribution in [3.05, 3.63) is 188 Å². The smallest absolute Gasteiger partial charge is 0.164 e. The van der Waals surface area contributed by atoms with Gasteiger partial charge < -0.3 is 8.98 Å². The second kappa shape index (κ2) is 13.2. The quantitative estimate of drug-likeness (QED) is 0.172. The summed E-state index contributed by atoms with van der Waals surface area (Å²) in [6, 6.07) is 57.4. The molecule has 0 unspecified atom stereocenters. The number of furan rings is 1. The van der Waals surface area contributed by atoms with Gasteiger partial charge in [0.25, 0.3) is 0 Å². The first-order chi connectivity index (χ1) is 27.8. The predicted octanol–water partition coefficient (Wildman–Crippen LogP) is 13.3. The summed E-state index contributed by atoms with van der Waals surface area (Å²) in [5, 5.41) is 4.36. The molecule has 0 N–H and O–H groups in total. The zero-order valence-corrected chi connectivity index (χ0v) is 30.4. The predicted molar refractivity (Wildman–Crippen MR) is 230 cm³/mol. The Hall–Kier alpha value is -7.37. The summed E-state index contributed by atoms with van der Waals surface area (Å²) in [4.78, 5) is 15.5. The van der Waals surface area contributed by atoms with Gasteiger partial charge in [0, 0.05) is 38.2 Å². The molecule has 0 saturated carbocycles. The van der Waals surface area contributed by atoms with Crippen LogP contribution in [-0.4, -0.2) is 19.5 Å². The van der Waals surface area contributed by atoms with Crippen molar-refractivity contribution in [2.75, 3.05) is 0 Å². The number of aromatic nitrogens is 4. The molecule has 3 aromatic heterocycles. The largest absolute Gasteiger partial charge is 0.454 e. The van der Waals surface area contributed by atoms with Crippen LogP contribution in [0.2, 0.25) is 0 Å². The Labute approximate surface area is 323 Å².